The molecule has 1 aromatic rings. The standard InChI is InChI=1S/C13H16ClNO3/c14-12-3-1-2-8(12)7-15-13(18)9-4-10(16)6-11(17)5-9/h4-6,8,12,16-17H,1-3,7H2,(H,15,18). The van der Waals surface area contributed by atoms with E-state index < -0.39 is 0 Å². The van der Waals surface area contributed by atoms with Crippen LogP contribution in [-0.4, -0.2) is 28.0 Å². The number of carbonyl (C=O) groups is 1. The zero-order valence-corrected chi connectivity index (χ0v) is 10.7. The number of phenols is 2. The molecule has 0 heterocycles. The fourth-order valence-electron chi connectivity index (χ4n) is 2.27. The molecule has 3 N–H and O–H groups in total. The maximum absolute atomic E-state index is 11.8. The molecule has 0 spiro atoms. The van der Waals surface area contributed by atoms with Gasteiger partial charge in [-0.25, -0.2) is 0 Å². The minimum absolute atomic E-state index is 0.128. The molecule has 2 atom stereocenters. The van der Waals surface area contributed by atoms with Crippen molar-refractivity contribution in [2.45, 2.75) is 24.6 Å². The predicted molar refractivity (Wildman–Crippen MR) is 69.1 cm³/mol. The second-order valence-electron chi connectivity index (χ2n) is 4.66. The molecule has 1 aliphatic carbocycles. The zero-order valence-electron chi connectivity index (χ0n) is 9.90. The average Bonchev–Trinajstić information content (AvgIpc) is 2.70. The van der Waals surface area contributed by atoms with E-state index in [-0.39, 0.29) is 28.3 Å². The highest BCUT2D eigenvalue weighted by molar-refractivity contribution is 6.21. The van der Waals surface area contributed by atoms with Crippen molar-refractivity contribution in [2.75, 3.05) is 6.54 Å². The maximum Gasteiger partial charge on any atom is 0.251 e. The highest BCUT2D eigenvalue weighted by atomic mass is 35.5. The van der Waals surface area contributed by atoms with E-state index in [1.54, 1.807) is 0 Å². The van der Waals surface area contributed by atoms with E-state index in [9.17, 15) is 15.0 Å². The van der Waals surface area contributed by atoms with E-state index in [4.69, 9.17) is 11.6 Å². The Morgan fingerprint density at radius 1 is 1.28 bits per heavy atom. The lowest BCUT2D eigenvalue weighted by atomic mass is 10.1. The third kappa shape index (κ3) is 3.07. The van der Waals surface area contributed by atoms with Crippen LogP contribution in [0.2, 0.25) is 0 Å². The molecule has 0 saturated heterocycles. The van der Waals surface area contributed by atoms with E-state index in [0.717, 1.165) is 19.3 Å². The van der Waals surface area contributed by atoms with Crippen LogP contribution < -0.4 is 5.32 Å². The Morgan fingerprint density at radius 2 is 1.94 bits per heavy atom. The largest absolute Gasteiger partial charge is 0.508 e. The first-order valence-corrected chi connectivity index (χ1v) is 6.45. The Hall–Kier alpha value is -1.42. The summed E-state index contributed by atoms with van der Waals surface area (Å²) in [7, 11) is 0. The summed E-state index contributed by atoms with van der Waals surface area (Å²) in [5.41, 5.74) is 0.247. The highest BCUT2D eigenvalue weighted by Gasteiger charge is 2.25. The van der Waals surface area contributed by atoms with Gasteiger partial charge < -0.3 is 15.5 Å². The van der Waals surface area contributed by atoms with Gasteiger partial charge in [-0.1, -0.05) is 6.42 Å². The van der Waals surface area contributed by atoms with Crippen LogP contribution in [0.1, 0.15) is 29.6 Å². The van der Waals surface area contributed by atoms with Gasteiger partial charge in [0, 0.05) is 23.6 Å². The van der Waals surface area contributed by atoms with Gasteiger partial charge >= 0.3 is 0 Å². The maximum atomic E-state index is 11.8. The fraction of sp³-hybridized carbons (Fsp3) is 0.462. The van der Waals surface area contributed by atoms with Crippen molar-refractivity contribution in [3.63, 3.8) is 0 Å². The van der Waals surface area contributed by atoms with E-state index in [2.05, 4.69) is 5.32 Å². The molecule has 0 aliphatic heterocycles. The van der Waals surface area contributed by atoms with Crippen LogP contribution in [0, 0.1) is 5.92 Å². The Bertz CT molecular complexity index is 430. The molecule has 1 fully saturated rings. The molecule has 1 aliphatic rings. The van der Waals surface area contributed by atoms with Gasteiger partial charge in [0.25, 0.3) is 5.91 Å². The lowest BCUT2D eigenvalue weighted by molar-refractivity contribution is 0.0947. The molecule has 2 rings (SSSR count). The number of rotatable bonds is 3. The van der Waals surface area contributed by atoms with Crippen molar-refractivity contribution < 1.29 is 15.0 Å². The second-order valence-corrected chi connectivity index (χ2v) is 5.22. The van der Waals surface area contributed by atoms with Gasteiger partial charge in [0.1, 0.15) is 11.5 Å². The van der Waals surface area contributed by atoms with E-state index in [1.165, 1.54) is 18.2 Å². The molecule has 5 heteroatoms. The summed E-state index contributed by atoms with van der Waals surface area (Å²) in [6, 6.07) is 3.83. The number of nitrogens with one attached hydrogen (secondary N) is 1. The van der Waals surface area contributed by atoms with Crippen LogP contribution in [0.15, 0.2) is 18.2 Å². The van der Waals surface area contributed by atoms with E-state index >= 15 is 0 Å². The van der Waals surface area contributed by atoms with Crippen molar-refractivity contribution in [2.24, 2.45) is 5.92 Å². The molecule has 0 radical (unpaired) electrons. The third-order valence-electron chi connectivity index (χ3n) is 3.26. The lowest BCUT2D eigenvalue weighted by Gasteiger charge is -2.14. The van der Waals surface area contributed by atoms with Crippen LogP contribution >= 0.6 is 11.6 Å². The van der Waals surface area contributed by atoms with Crippen LogP contribution in [-0.2, 0) is 0 Å². The Morgan fingerprint density at radius 3 is 2.50 bits per heavy atom. The quantitative estimate of drug-likeness (QED) is 0.737. The predicted octanol–water partition coefficient (Wildman–Crippen LogP) is 2.24. The smallest absolute Gasteiger partial charge is 0.251 e. The molecule has 4 nitrogen and oxygen atoms in total. The van der Waals surface area contributed by atoms with Crippen LogP contribution in [0.5, 0.6) is 11.5 Å². The van der Waals surface area contributed by atoms with Crippen LogP contribution in [0.4, 0.5) is 0 Å². The molecule has 0 bridgehead atoms. The van der Waals surface area contributed by atoms with Crippen molar-refractivity contribution in [3.8, 4) is 11.5 Å². The van der Waals surface area contributed by atoms with Crippen molar-refractivity contribution in [3.05, 3.63) is 23.8 Å². The first kappa shape index (κ1) is 13.0. The Labute approximate surface area is 111 Å². The van der Waals surface area contributed by atoms with Gasteiger partial charge in [0.05, 0.1) is 0 Å². The Balaban J connectivity index is 1.95. The number of amides is 1. The SMILES string of the molecule is O=C(NCC1CCCC1Cl)c1cc(O)cc(O)c1. The first-order chi connectivity index (χ1) is 8.56. The van der Waals surface area contributed by atoms with Crippen molar-refractivity contribution in [1.29, 1.82) is 0 Å². The van der Waals surface area contributed by atoms with Crippen LogP contribution in [0.25, 0.3) is 0 Å². The first-order valence-electron chi connectivity index (χ1n) is 6.01. The van der Waals surface area contributed by atoms with E-state index in [0.29, 0.717) is 12.5 Å². The number of halogens is 1. The molecule has 1 amide bonds. The molecule has 18 heavy (non-hydrogen) atoms. The number of alkyl halides is 1. The summed E-state index contributed by atoms with van der Waals surface area (Å²) < 4.78 is 0. The molecule has 1 saturated carbocycles. The Kier molecular flexibility index (Phi) is 3.97. The van der Waals surface area contributed by atoms with Gasteiger partial charge in [-0.3, -0.25) is 4.79 Å². The van der Waals surface area contributed by atoms with Crippen molar-refractivity contribution >= 4 is 17.5 Å². The molecular weight excluding hydrogens is 254 g/mol. The number of benzene rings is 1. The number of phenolic OH excluding ortho intramolecular Hbond substituents is 2. The monoisotopic (exact) mass is 269 g/mol. The zero-order chi connectivity index (χ0) is 13.1. The topological polar surface area (TPSA) is 69.6 Å². The fourth-order valence-corrected chi connectivity index (χ4v) is 2.64. The van der Waals surface area contributed by atoms with Gasteiger partial charge in [0.2, 0.25) is 0 Å². The van der Waals surface area contributed by atoms with E-state index in [1.807, 2.05) is 0 Å². The third-order valence-corrected chi connectivity index (χ3v) is 3.83. The lowest BCUT2D eigenvalue weighted by Crippen LogP contribution is -2.31. The molecular formula is C13H16ClNO3. The second kappa shape index (κ2) is 5.48. The summed E-state index contributed by atoms with van der Waals surface area (Å²) in [5, 5.41) is 21.5. The number of hydrogen-bond acceptors (Lipinski definition) is 3. The van der Waals surface area contributed by atoms with Gasteiger partial charge in [-0.2, -0.15) is 0 Å². The molecule has 0 aromatic heterocycles. The highest BCUT2D eigenvalue weighted by Crippen LogP contribution is 2.29. The summed E-state index contributed by atoms with van der Waals surface area (Å²) >= 11 is 6.13. The summed E-state index contributed by atoms with van der Waals surface area (Å²) in [5.74, 6) is -0.258. The minimum Gasteiger partial charge on any atom is -0.508 e. The van der Waals surface area contributed by atoms with Gasteiger partial charge in [-0.05, 0) is 30.9 Å². The van der Waals surface area contributed by atoms with Crippen LogP contribution in [0.3, 0.4) is 0 Å². The van der Waals surface area contributed by atoms with Gasteiger partial charge in [0.15, 0.2) is 0 Å². The number of aromatic hydroxyl groups is 2. The normalized spacial score (nSPS) is 22.9. The minimum atomic E-state index is -0.308. The summed E-state index contributed by atoms with van der Waals surface area (Å²) in [4.78, 5) is 11.8. The van der Waals surface area contributed by atoms with Crippen molar-refractivity contribution in [1.82, 2.24) is 5.32 Å². The number of hydrogen-bond donors (Lipinski definition) is 3. The average molecular weight is 270 g/mol. The molecule has 98 valence electrons. The summed E-state index contributed by atoms with van der Waals surface area (Å²) in [6.45, 7) is 0.531. The molecule has 2 unspecified atom stereocenters. The van der Waals surface area contributed by atoms with Gasteiger partial charge in [-0.15, -0.1) is 11.6 Å². The molecule has 1 aromatic carbocycles. The number of carbonyl (C=O) groups excluding carboxylic acids is 1. The summed E-state index contributed by atoms with van der Waals surface area (Å²) in [6.07, 6.45) is 3.12.